The molecule has 2 N–H and O–H groups in total. The van der Waals surface area contributed by atoms with Crippen molar-refractivity contribution in [2.45, 2.75) is 64.5 Å². The molecular weight excluding hydrogens is 246 g/mol. The molecule has 20 heavy (non-hydrogen) atoms. The topological polar surface area (TPSA) is 42.1 Å². The van der Waals surface area contributed by atoms with Crippen LogP contribution < -0.4 is 10.6 Å². The largest absolute Gasteiger partial charge is 0.353 e. The normalized spacial score (nSPS) is 25.8. The first kappa shape index (κ1) is 13.9. The van der Waals surface area contributed by atoms with Gasteiger partial charge in [0.2, 0.25) is 0 Å². The van der Waals surface area contributed by atoms with Gasteiger partial charge in [-0.3, -0.25) is 0 Å². The van der Waals surface area contributed by atoms with Gasteiger partial charge in [0, 0.05) is 24.8 Å². The fourth-order valence-electron chi connectivity index (χ4n) is 3.97. The lowest BCUT2D eigenvalue weighted by molar-refractivity contribution is 0.341. The summed E-state index contributed by atoms with van der Waals surface area (Å²) in [6.45, 7) is 4.01. The molecule has 2 heterocycles. The first-order valence-electron chi connectivity index (χ1n) is 8.28. The van der Waals surface area contributed by atoms with Crippen LogP contribution in [0.5, 0.6) is 0 Å². The van der Waals surface area contributed by atoms with Gasteiger partial charge in [0.1, 0.15) is 5.82 Å². The second-order valence-electron chi connectivity index (χ2n) is 6.37. The van der Waals surface area contributed by atoms with Crippen LogP contribution in [0, 0.1) is 5.92 Å². The number of pyridine rings is 1. The van der Waals surface area contributed by atoms with Crippen molar-refractivity contribution >= 4 is 5.82 Å². The highest BCUT2D eigenvalue weighted by molar-refractivity contribution is 5.45. The van der Waals surface area contributed by atoms with E-state index in [9.17, 15) is 0 Å². The Morgan fingerprint density at radius 3 is 2.90 bits per heavy atom. The summed E-state index contributed by atoms with van der Waals surface area (Å²) < 4.78 is 0. The van der Waals surface area contributed by atoms with Crippen molar-refractivity contribution in [3.8, 4) is 0 Å². The number of hydrogen-bond acceptors (Lipinski definition) is 3. The van der Waals surface area contributed by atoms with Crippen LogP contribution >= 0.6 is 0 Å². The molecule has 0 spiro atoms. The summed E-state index contributed by atoms with van der Waals surface area (Å²) in [6.07, 6.45) is 9.13. The number of aromatic nitrogens is 1. The molecule has 0 radical (unpaired) electrons. The van der Waals surface area contributed by atoms with Gasteiger partial charge in [0.05, 0.1) is 0 Å². The van der Waals surface area contributed by atoms with Crippen LogP contribution in [0.3, 0.4) is 0 Å². The minimum absolute atomic E-state index is 0.619. The van der Waals surface area contributed by atoms with Gasteiger partial charge >= 0.3 is 0 Å². The van der Waals surface area contributed by atoms with Crippen molar-refractivity contribution in [2.75, 3.05) is 11.4 Å². The number of nitrogens with zero attached hydrogens (tertiary/aromatic N) is 2. The smallest absolute Gasteiger partial charge is 0.129 e. The Morgan fingerprint density at radius 2 is 2.10 bits per heavy atom. The minimum atomic E-state index is 0.619. The fourth-order valence-corrected chi connectivity index (χ4v) is 3.97. The maximum absolute atomic E-state index is 5.87. The van der Waals surface area contributed by atoms with Gasteiger partial charge < -0.3 is 10.6 Å². The van der Waals surface area contributed by atoms with E-state index in [-0.39, 0.29) is 0 Å². The number of nitrogens with two attached hydrogens (primary N) is 1. The number of aryl methyl sites for hydroxylation is 1. The molecule has 3 heteroatoms. The van der Waals surface area contributed by atoms with Crippen LogP contribution in [-0.2, 0) is 13.0 Å². The average molecular weight is 273 g/mol. The average Bonchev–Trinajstić information content (AvgIpc) is 2.91. The maximum atomic E-state index is 5.87. The van der Waals surface area contributed by atoms with E-state index in [2.05, 4.69) is 24.0 Å². The van der Waals surface area contributed by atoms with Gasteiger partial charge in [0.15, 0.2) is 0 Å². The molecule has 2 unspecified atom stereocenters. The molecule has 1 aromatic heterocycles. The summed E-state index contributed by atoms with van der Waals surface area (Å²) in [5, 5.41) is 0. The van der Waals surface area contributed by atoms with Crippen LogP contribution in [0.25, 0.3) is 0 Å². The Bertz CT molecular complexity index is 458. The fraction of sp³-hybridized carbons (Fsp3) is 0.706. The van der Waals surface area contributed by atoms with Crippen molar-refractivity contribution in [1.82, 2.24) is 4.98 Å². The summed E-state index contributed by atoms with van der Waals surface area (Å²) in [6, 6.07) is 5.14. The lowest BCUT2D eigenvalue weighted by Gasteiger charge is -2.32. The highest BCUT2D eigenvalue weighted by Crippen LogP contribution is 2.38. The quantitative estimate of drug-likeness (QED) is 0.915. The molecule has 3 nitrogen and oxygen atoms in total. The van der Waals surface area contributed by atoms with E-state index in [0.29, 0.717) is 6.54 Å². The molecule has 1 aliphatic heterocycles. The van der Waals surface area contributed by atoms with Crippen molar-refractivity contribution in [3.63, 3.8) is 0 Å². The molecule has 0 amide bonds. The summed E-state index contributed by atoms with van der Waals surface area (Å²) in [4.78, 5) is 7.49. The van der Waals surface area contributed by atoms with E-state index < -0.39 is 0 Å². The highest BCUT2D eigenvalue weighted by Gasteiger charge is 2.36. The van der Waals surface area contributed by atoms with Gasteiger partial charge in [-0.2, -0.15) is 0 Å². The first-order chi connectivity index (χ1) is 9.81. The molecule has 0 bridgehead atoms. The van der Waals surface area contributed by atoms with Crippen molar-refractivity contribution in [2.24, 2.45) is 11.7 Å². The van der Waals surface area contributed by atoms with Gasteiger partial charge in [-0.1, -0.05) is 26.2 Å². The summed E-state index contributed by atoms with van der Waals surface area (Å²) in [5.74, 6) is 2.09. The Kier molecular flexibility index (Phi) is 4.25. The van der Waals surface area contributed by atoms with E-state index in [4.69, 9.17) is 10.7 Å². The van der Waals surface area contributed by atoms with Gasteiger partial charge in [-0.25, -0.2) is 4.98 Å². The molecule has 2 atom stereocenters. The van der Waals surface area contributed by atoms with E-state index in [1.165, 1.54) is 55.7 Å². The third kappa shape index (κ3) is 2.69. The second-order valence-corrected chi connectivity index (χ2v) is 6.37. The zero-order valence-electron chi connectivity index (χ0n) is 12.6. The van der Waals surface area contributed by atoms with Crippen LogP contribution in [0.15, 0.2) is 12.1 Å². The summed E-state index contributed by atoms with van der Waals surface area (Å²) in [5.41, 5.74) is 8.31. The zero-order valence-corrected chi connectivity index (χ0v) is 12.6. The van der Waals surface area contributed by atoms with Crippen LogP contribution in [-0.4, -0.2) is 17.6 Å². The molecule has 3 rings (SSSR count). The van der Waals surface area contributed by atoms with E-state index in [0.717, 1.165) is 24.8 Å². The molecule has 110 valence electrons. The van der Waals surface area contributed by atoms with Crippen molar-refractivity contribution in [3.05, 3.63) is 23.4 Å². The zero-order chi connectivity index (χ0) is 13.9. The number of rotatable bonds is 4. The standard InChI is InChI=1S/C17H27N3/c1-2-5-15-10-13(12-18)11-17(19-15)20-9-8-14-6-3-4-7-16(14)20/h10-11,14,16H,2-9,12,18H2,1H3. The Labute approximate surface area is 122 Å². The third-order valence-corrected chi connectivity index (χ3v) is 4.97. The van der Waals surface area contributed by atoms with Crippen LogP contribution in [0.1, 0.15) is 56.7 Å². The number of anilines is 1. The van der Waals surface area contributed by atoms with E-state index in [1.54, 1.807) is 0 Å². The van der Waals surface area contributed by atoms with Gasteiger partial charge in [0.25, 0.3) is 0 Å². The Morgan fingerprint density at radius 1 is 1.25 bits per heavy atom. The summed E-state index contributed by atoms with van der Waals surface area (Å²) in [7, 11) is 0. The van der Waals surface area contributed by atoms with Crippen molar-refractivity contribution < 1.29 is 0 Å². The van der Waals surface area contributed by atoms with Gasteiger partial charge in [-0.15, -0.1) is 0 Å². The third-order valence-electron chi connectivity index (χ3n) is 4.97. The maximum Gasteiger partial charge on any atom is 0.129 e. The van der Waals surface area contributed by atoms with E-state index in [1.807, 2.05) is 0 Å². The molecule has 1 aliphatic carbocycles. The Hall–Kier alpha value is -1.09. The molecule has 2 aliphatic rings. The number of hydrogen-bond donors (Lipinski definition) is 1. The van der Waals surface area contributed by atoms with Gasteiger partial charge in [-0.05, 0) is 49.3 Å². The van der Waals surface area contributed by atoms with E-state index >= 15 is 0 Å². The Balaban J connectivity index is 1.86. The first-order valence-corrected chi connectivity index (χ1v) is 8.28. The number of fused-ring (bicyclic) bond motifs is 1. The van der Waals surface area contributed by atoms with Crippen molar-refractivity contribution in [1.29, 1.82) is 0 Å². The molecule has 1 aromatic rings. The highest BCUT2D eigenvalue weighted by atomic mass is 15.2. The molecular formula is C17H27N3. The lowest BCUT2D eigenvalue weighted by atomic mass is 9.85. The monoisotopic (exact) mass is 273 g/mol. The molecule has 1 saturated heterocycles. The van der Waals surface area contributed by atoms with Crippen LogP contribution in [0.4, 0.5) is 5.82 Å². The summed E-state index contributed by atoms with van der Waals surface area (Å²) >= 11 is 0. The minimum Gasteiger partial charge on any atom is -0.353 e. The van der Waals surface area contributed by atoms with Crippen LogP contribution in [0.2, 0.25) is 0 Å². The molecule has 2 fully saturated rings. The second kappa shape index (κ2) is 6.13. The predicted octanol–water partition coefficient (Wildman–Crippen LogP) is 3.26. The lowest BCUT2D eigenvalue weighted by Crippen LogP contribution is -2.35. The SMILES string of the molecule is CCCc1cc(CN)cc(N2CCC3CCCCC32)n1. The molecule has 0 aromatic carbocycles. The molecule has 1 saturated carbocycles. The predicted molar refractivity (Wildman–Crippen MR) is 83.8 cm³/mol.